The van der Waals surface area contributed by atoms with Crippen LogP contribution in [0.3, 0.4) is 0 Å². The molecule has 0 spiro atoms. The Labute approximate surface area is 128 Å². The quantitative estimate of drug-likeness (QED) is 0.915. The van der Waals surface area contributed by atoms with Crippen LogP contribution in [0.1, 0.15) is 6.42 Å². The van der Waals surface area contributed by atoms with Crippen molar-refractivity contribution in [2.24, 2.45) is 5.92 Å². The van der Waals surface area contributed by atoms with Gasteiger partial charge < -0.3 is 4.90 Å². The van der Waals surface area contributed by atoms with Crippen LogP contribution in [-0.2, 0) is 9.59 Å². The van der Waals surface area contributed by atoms with Crippen molar-refractivity contribution in [2.45, 2.75) is 12.6 Å². The molecule has 0 radical (unpaired) electrons. The fraction of sp³-hybridized carbons (Fsp3) is 0.385. The lowest BCUT2D eigenvalue weighted by molar-refractivity contribution is -0.157. The van der Waals surface area contributed by atoms with Gasteiger partial charge in [-0.3, -0.25) is 19.3 Å². The molecular weight excluding hydrogens is 315 g/mol. The Kier molecular flexibility index (Phi) is 3.66. The van der Waals surface area contributed by atoms with Crippen LogP contribution in [0.2, 0.25) is 0 Å². The second kappa shape index (κ2) is 5.52. The van der Waals surface area contributed by atoms with Crippen molar-refractivity contribution in [1.29, 1.82) is 0 Å². The minimum Gasteiger partial charge on any atom is -0.333 e. The lowest BCUT2D eigenvalue weighted by atomic mass is 10.1. The molecule has 23 heavy (non-hydrogen) atoms. The van der Waals surface area contributed by atoms with E-state index in [-0.39, 0.29) is 18.9 Å². The molecule has 0 bridgehead atoms. The summed E-state index contributed by atoms with van der Waals surface area (Å²) in [5, 5.41) is 10.2. The number of hydrogen-bond donors (Lipinski definition) is 1. The Hall–Kier alpha value is -2.65. The fourth-order valence-electron chi connectivity index (χ4n) is 2.46. The van der Waals surface area contributed by atoms with E-state index < -0.39 is 30.5 Å². The number of pyridine rings is 1. The molecule has 3 rings (SSSR count). The number of carbonyl (C=O) groups excluding carboxylic acids is 2. The minimum atomic E-state index is -4.48. The van der Waals surface area contributed by atoms with Crippen molar-refractivity contribution in [3.63, 3.8) is 0 Å². The maximum absolute atomic E-state index is 12.4. The Balaban J connectivity index is 1.68. The van der Waals surface area contributed by atoms with E-state index in [1.807, 2.05) is 0 Å². The van der Waals surface area contributed by atoms with Gasteiger partial charge in [0.25, 0.3) is 0 Å². The second-order valence-electron chi connectivity index (χ2n) is 5.23. The van der Waals surface area contributed by atoms with Crippen molar-refractivity contribution in [3.8, 4) is 0 Å². The molecule has 122 valence electrons. The molecule has 1 unspecified atom stereocenters. The zero-order valence-electron chi connectivity index (χ0n) is 11.7. The maximum Gasteiger partial charge on any atom is 0.406 e. The first-order valence-electron chi connectivity index (χ1n) is 6.78. The first-order chi connectivity index (χ1) is 10.8. The lowest BCUT2D eigenvalue weighted by Crippen LogP contribution is -2.36. The number of nitrogens with one attached hydrogen (secondary N) is 1. The van der Waals surface area contributed by atoms with Crippen LogP contribution >= 0.6 is 0 Å². The summed E-state index contributed by atoms with van der Waals surface area (Å²) < 4.78 is 38.6. The van der Waals surface area contributed by atoms with Crippen LogP contribution in [0.15, 0.2) is 24.4 Å². The topological polar surface area (TPSA) is 79.6 Å². The monoisotopic (exact) mass is 327 g/mol. The normalized spacial score (nSPS) is 18.7. The largest absolute Gasteiger partial charge is 0.406 e. The number of rotatable bonds is 3. The fourth-order valence-corrected chi connectivity index (χ4v) is 2.46. The van der Waals surface area contributed by atoms with Gasteiger partial charge in [-0.1, -0.05) is 6.07 Å². The molecule has 3 heterocycles. The molecule has 1 atom stereocenters. The third-order valence-corrected chi connectivity index (χ3v) is 3.50. The zero-order chi connectivity index (χ0) is 16.6. The number of anilines is 1. The Morgan fingerprint density at radius 2 is 2.13 bits per heavy atom. The van der Waals surface area contributed by atoms with E-state index in [1.165, 1.54) is 4.40 Å². The van der Waals surface area contributed by atoms with Gasteiger partial charge in [0.05, 0.1) is 5.92 Å². The average Bonchev–Trinajstić information content (AvgIpc) is 3.03. The number of fused-ring (bicyclic) bond motifs is 1. The minimum absolute atomic E-state index is 0.160. The van der Waals surface area contributed by atoms with Gasteiger partial charge >= 0.3 is 6.18 Å². The van der Waals surface area contributed by atoms with Crippen LogP contribution in [0, 0.1) is 5.92 Å². The molecule has 1 saturated heterocycles. The van der Waals surface area contributed by atoms with Crippen LogP contribution in [0.4, 0.5) is 19.1 Å². The van der Waals surface area contributed by atoms with E-state index in [0.717, 1.165) is 0 Å². The first-order valence-corrected chi connectivity index (χ1v) is 6.78. The molecule has 2 aromatic heterocycles. The van der Waals surface area contributed by atoms with Crippen molar-refractivity contribution in [3.05, 3.63) is 24.4 Å². The Morgan fingerprint density at radius 1 is 1.35 bits per heavy atom. The van der Waals surface area contributed by atoms with E-state index in [0.29, 0.717) is 10.5 Å². The zero-order valence-corrected chi connectivity index (χ0v) is 11.7. The molecular formula is C13H12F3N5O2. The summed E-state index contributed by atoms with van der Waals surface area (Å²) >= 11 is 0. The number of likely N-dealkylation sites (tertiary alicyclic amines) is 1. The van der Waals surface area contributed by atoms with Crippen molar-refractivity contribution in [2.75, 3.05) is 18.4 Å². The Bertz CT molecular complexity index is 757. The van der Waals surface area contributed by atoms with E-state index in [9.17, 15) is 22.8 Å². The molecule has 1 aliphatic heterocycles. The molecule has 0 saturated carbocycles. The van der Waals surface area contributed by atoms with E-state index in [1.54, 1.807) is 24.4 Å². The van der Waals surface area contributed by atoms with Crippen LogP contribution in [-0.4, -0.2) is 50.6 Å². The summed E-state index contributed by atoms with van der Waals surface area (Å²) in [6.45, 7) is -1.61. The number of alkyl halides is 3. The van der Waals surface area contributed by atoms with Crippen LogP contribution in [0.5, 0.6) is 0 Å². The van der Waals surface area contributed by atoms with Gasteiger partial charge in [0.1, 0.15) is 6.54 Å². The summed E-state index contributed by atoms with van der Waals surface area (Å²) in [6.07, 6.45) is -3.09. The van der Waals surface area contributed by atoms with E-state index in [4.69, 9.17) is 0 Å². The summed E-state index contributed by atoms with van der Waals surface area (Å²) in [6, 6.07) is 5.16. The van der Waals surface area contributed by atoms with E-state index >= 15 is 0 Å². The molecule has 10 heteroatoms. The molecule has 0 aromatic carbocycles. The molecule has 7 nitrogen and oxygen atoms in total. The summed E-state index contributed by atoms with van der Waals surface area (Å²) in [7, 11) is 0. The Morgan fingerprint density at radius 3 is 2.87 bits per heavy atom. The van der Waals surface area contributed by atoms with Crippen molar-refractivity contribution >= 4 is 23.4 Å². The van der Waals surface area contributed by atoms with Gasteiger partial charge in [-0.15, -0.1) is 10.2 Å². The predicted octanol–water partition coefficient (Wildman–Crippen LogP) is 1.08. The van der Waals surface area contributed by atoms with Gasteiger partial charge in [-0.2, -0.15) is 13.2 Å². The van der Waals surface area contributed by atoms with E-state index in [2.05, 4.69) is 15.5 Å². The number of amides is 2. The summed E-state index contributed by atoms with van der Waals surface area (Å²) in [4.78, 5) is 24.4. The number of nitrogens with zero attached hydrogens (tertiary/aromatic N) is 4. The summed E-state index contributed by atoms with van der Waals surface area (Å²) in [5.41, 5.74) is 0.518. The smallest absolute Gasteiger partial charge is 0.333 e. The molecule has 2 aromatic rings. The number of hydrogen-bond acceptors (Lipinski definition) is 4. The lowest BCUT2D eigenvalue weighted by Gasteiger charge is -2.18. The highest BCUT2D eigenvalue weighted by Gasteiger charge is 2.40. The SMILES string of the molecule is O=C(Nc1nnc2ccccn12)C1CC(=O)N(CC(F)(F)F)C1. The standard InChI is InChI=1S/C13H12F3N5O2/c14-13(15,16)7-20-6-8(5-10(20)22)11(23)17-12-19-18-9-3-1-2-4-21(9)12/h1-4,8H,5-7H2,(H,17,19,23). The van der Waals surface area contributed by atoms with Gasteiger partial charge in [0.2, 0.25) is 17.8 Å². The molecule has 2 amide bonds. The number of halogens is 3. The molecule has 1 N–H and O–H groups in total. The highest BCUT2D eigenvalue weighted by molar-refractivity contribution is 5.96. The highest BCUT2D eigenvalue weighted by Crippen LogP contribution is 2.24. The van der Waals surface area contributed by atoms with Gasteiger partial charge in [-0.25, -0.2) is 0 Å². The maximum atomic E-state index is 12.4. The molecule has 1 fully saturated rings. The van der Waals surface area contributed by atoms with Crippen molar-refractivity contribution < 1.29 is 22.8 Å². The molecule has 1 aliphatic rings. The van der Waals surface area contributed by atoms with Gasteiger partial charge in [0.15, 0.2) is 5.65 Å². The van der Waals surface area contributed by atoms with Crippen LogP contribution < -0.4 is 5.32 Å². The second-order valence-corrected chi connectivity index (χ2v) is 5.23. The number of aromatic nitrogens is 3. The molecule has 0 aliphatic carbocycles. The van der Waals surface area contributed by atoms with Crippen molar-refractivity contribution in [1.82, 2.24) is 19.5 Å². The average molecular weight is 327 g/mol. The first kappa shape index (κ1) is 15.3. The van der Waals surface area contributed by atoms with Gasteiger partial charge in [-0.05, 0) is 12.1 Å². The number of carbonyl (C=O) groups is 2. The predicted molar refractivity (Wildman–Crippen MR) is 72.4 cm³/mol. The highest BCUT2D eigenvalue weighted by atomic mass is 19.4. The van der Waals surface area contributed by atoms with Crippen LogP contribution in [0.25, 0.3) is 5.65 Å². The summed E-state index contributed by atoms with van der Waals surface area (Å²) in [5.74, 6) is -1.93. The third-order valence-electron chi connectivity index (χ3n) is 3.50. The van der Waals surface area contributed by atoms with Gasteiger partial charge in [0, 0.05) is 19.2 Å². The third kappa shape index (κ3) is 3.25.